The van der Waals surface area contributed by atoms with Gasteiger partial charge in [0.1, 0.15) is 0 Å². The molecule has 3 rings (SSSR count). The van der Waals surface area contributed by atoms with Crippen LogP contribution in [0.3, 0.4) is 0 Å². The Balaban J connectivity index is 1.79. The summed E-state index contributed by atoms with van der Waals surface area (Å²) in [5.41, 5.74) is 2.67. The molecular formula is C15H16Cl2N4O. The molecule has 1 saturated heterocycles. The van der Waals surface area contributed by atoms with Crippen molar-refractivity contribution in [3.05, 3.63) is 30.0 Å². The SMILES string of the molecule is Cc1nc2ccccc2nc1N1CCN(C(=O)C(Cl)Cl)CC1. The van der Waals surface area contributed by atoms with Gasteiger partial charge in [-0.15, -0.1) is 0 Å². The van der Waals surface area contributed by atoms with E-state index in [0.717, 1.165) is 22.5 Å². The molecule has 0 unspecified atom stereocenters. The molecule has 1 aliphatic heterocycles. The zero-order chi connectivity index (χ0) is 15.7. The number of benzene rings is 1. The van der Waals surface area contributed by atoms with Crippen molar-refractivity contribution in [2.45, 2.75) is 11.8 Å². The van der Waals surface area contributed by atoms with Gasteiger partial charge in [0.15, 0.2) is 10.7 Å². The van der Waals surface area contributed by atoms with Crippen molar-refractivity contribution in [3.63, 3.8) is 0 Å². The van der Waals surface area contributed by atoms with Crippen LogP contribution in [0.1, 0.15) is 5.69 Å². The van der Waals surface area contributed by atoms with Crippen LogP contribution in [0.4, 0.5) is 5.82 Å². The highest BCUT2D eigenvalue weighted by molar-refractivity contribution is 6.53. The van der Waals surface area contributed by atoms with E-state index in [-0.39, 0.29) is 5.91 Å². The fraction of sp³-hybridized carbons (Fsp3) is 0.400. The van der Waals surface area contributed by atoms with Gasteiger partial charge in [0.05, 0.1) is 16.7 Å². The Bertz CT molecular complexity index is 699. The lowest BCUT2D eigenvalue weighted by atomic mass is 10.2. The fourth-order valence-corrected chi connectivity index (χ4v) is 2.93. The standard InChI is InChI=1S/C15H16Cl2N4O/c1-10-14(19-12-5-3-2-4-11(12)18-10)20-6-8-21(9-7-20)15(22)13(16)17/h2-5,13H,6-9H2,1H3. The number of hydrogen-bond acceptors (Lipinski definition) is 4. The number of piperazine rings is 1. The maximum absolute atomic E-state index is 11.8. The van der Waals surface area contributed by atoms with Crippen molar-refractivity contribution in [2.24, 2.45) is 0 Å². The number of nitrogens with zero attached hydrogens (tertiary/aromatic N) is 4. The number of para-hydroxylation sites is 2. The number of fused-ring (bicyclic) bond motifs is 1. The molecule has 7 heteroatoms. The minimum Gasteiger partial charge on any atom is -0.352 e. The Kier molecular flexibility index (Phi) is 4.36. The molecule has 1 aliphatic rings. The number of alkyl halides is 2. The summed E-state index contributed by atoms with van der Waals surface area (Å²) in [6.45, 7) is 4.52. The number of carbonyl (C=O) groups excluding carboxylic acids is 1. The van der Waals surface area contributed by atoms with Crippen LogP contribution < -0.4 is 4.90 Å². The molecule has 2 aromatic rings. The van der Waals surface area contributed by atoms with Gasteiger partial charge in [-0.25, -0.2) is 9.97 Å². The van der Waals surface area contributed by atoms with Gasteiger partial charge in [-0.05, 0) is 19.1 Å². The van der Waals surface area contributed by atoms with Crippen LogP contribution in [0.2, 0.25) is 0 Å². The summed E-state index contributed by atoms with van der Waals surface area (Å²) in [7, 11) is 0. The van der Waals surface area contributed by atoms with Crippen molar-refractivity contribution in [3.8, 4) is 0 Å². The van der Waals surface area contributed by atoms with Crippen molar-refractivity contribution in [2.75, 3.05) is 31.1 Å². The molecule has 0 N–H and O–H groups in total. The summed E-state index contributed by atoms with van der Waals surface area (Å²) < 4.78 is 0. The number of halogens is 2. The molecule has 1 aromatic heterocycles. The smallest absolute Gasteiger partial charge is 0.255 e. The average Bonchev–Trinajstić information content (AvgIpc) is 2.53. The fourth-order valence-electron chi connectivity index (χ4n) is 2.66. The molecule has 1 fully saturated rings. The first-order valence-corrected chi connectivity index (χ1v) is 7.99. The Morgan fingerprint density at radius 2 is 1.68 bits per heavy atom. The van der Waals surface area contributed by atoms with E-state index >= 15 is 0 Å². The van der Waals surface area contributed by atoms with Crippen LogP contribution in [0, 0.1) is 6.92 Å². The molecule has 0 aliphatic carbocycles. The van der Waals surface area contributed by atoms with Crippen LogP contribution in [0.25, 0.3) is 11.0 Å². The Morgan fingerprint density at radius 1 is 1.09 bits per heavy atom. The summed E-state index contributed by atoms with van der Waals surface area (Å²) >= 11 is 11.3. The summed E-state index contributed by atoms with van der Waals surface area (Å²) in [4.78, 5) is 24.0. The van der Waals surface area contributed by atoms with E-state index in [1.165, 1.54) is 0 Å². The van der Waals surface area contributed by atoms with E-state index in [1.54, 1.807) is 4.90 Å². The van der Waals surface area contributed by atoms with E-state index in [9.17, 15) is 4.79 Å². The highest BCUT2D eigenvalue weighted by atomic mass is 35.5. The lowest BCUT2D eigenvalue weighted by Gasteiger charge is -2.36. The average molecular weight is 339 g/mol. The van der Waals surface area contributed by atoms with E-state index in [4.69, 9.17) is 28.2 Å². The number of aromatic nitrogens is 2. The topological polar surface area (TPSA) is 49.3 Å². The van der Waals surface area contributed by atoms with Gasteiger partial charge >= 0.3 is 0 Å². The van der Waals surface area contributed by atoms with Gasteiger partial charge in [0.2, 0.25) is 0 Å². The second-order valence-electron chi connectivity index (χ2n) is 5.23. The van der Waals surface area contributed by atoms with Crippen LogP contribution in [-0.4, -0.2) is 51.8 Å². The molecule has 0 atom stereocenters. The highest BCUT2D eigenvalue weighted by Gasteiger charge is 2.26. The lowest BCUT2D eigenvalue weighted by molar-refractivity contribution is -0.129. The second-order valence-corrected chi connectivity index (χ2v) is 6.33. The molecule has 2 heterocycles. The monoisotopic (exact) mass is 338 g/mol. The van der Waals surface area contributed by atoms with Crippen molar-refractivity contribution in [1.29, 1.82) is 0 Å². The number of hydrogen-bond donors (Lipinski definition) is 0. The third kappa shape index (κ3) is 2.96. The van der Waals surface area contributed by atoms with Crippen LogP contribution in [0.15, 0.2) is 24.3 Å². The molecule has 1 aromatic carbocycles. The summed E-state index contributed by atoms with van der Waals surface area (Å²) in [5, 5.41) is 0. The highest BCUT2D eigenvalue weighted by Crippen LogP contribution is 2.21. The second kappa shape index (κ2) is 6.26. The third-order valence-electron chi connectivity index (χ3n) is 3.80. The van der Waals surface area contributed by atoms with Crippen molar-refractivity contribution < 1.29 is 4.79 Å². The molecule has 0 radical (unpaired) electrons. The number of amides is 1. The molecular weight excluding hydrogens is 323 g/mol. The van der Waals surface area contributed by atoms with Crippen molar-refractivity contribution >= 4 is 46.0 Å². The normalized spacial score (nSPS) is 15.6. The third-order valence-corrected chi connectivity index (χ3v) is 4.17. The first-order chi connectivity index (χ1) is 10.6. The predicted molar refractivity (Wildman–Crippen MR) is 88.6 cm³/mol. The van der Waals surface area contributed by atoms with Crippen LogP contribution in [0.5, 0.6) is 0 Å². The van der Waals surface area contributed by atoms with E-state index in [2.05, 4.69) is 9.88 Å². The molecule has 1 amide bonds. The van der Waals surface area contributed by atoms with Gasteiger partial charge in [0, 0.05) is 26.2 Å². The molecule has 0 saturated carbocycles. The summed E-state index contributed by atoms with van der Waals surface area (Å²) in [6, 6.07) is 7.82. The quantitative estimate of drug-likeness (QED) is 0.789. The first-order valence-electron chi connectivity index (χ1n) is 7.11. The lowest BCUT2D eigenvalue weighted by Crippen LogP contribution is -2.50. The van der Waals surface area contributed by atoms with Gasteiger partial charge in [-0.3, -0.25) is 4.79 Å². The zero-order valence-electron chi connectivity index (χ0n) is 12.2. The van der Waals surface area contributed by atoms with E-state index in [0.29, 0.717) is 26.2 Å². The van der Waals surface area contributed by atoms with E-state index in [1.807, 2.05) is 31.2 Å². The van der Waals surface area contributed by atoms with Gasteiger partial charge in [-0.2, -0.15) is 0 Å². The summed E-state index contributed by atoms with van der Waals surface area (Å²) in [6.07, 6.45) is 0. The summed E-state index contributed by atoms with van der Waals surface area (Å²) in [5.74, 6) is 0.642. The maximum atomic E-state index is 11.8. The van der Waals surface area contributed by atoms with Crippen LogP contribution in [-0.2, 0) is 4.79 Å². The number of carbonyl (C=O) groups is 1. The molecule has 22 heavy (non-hydrogen) atoms. The number of anilines is 1. The van der Waals surface area contributed by atoms with Gasteiger partial charge in [-0.1, -0.05) is 35.3 Å². The van der Waals surface area contributed by atoms with Crippen molar-refractivity contribution in [1.82, 2.24) is 14.9 Å². The Labute approximate surface area is 138 Å². The van der Waals surface area contributed by atoms with Gasteiger partial charge < -0.3 is 9.80 Å². The minimum absolute atomic E-state index is 0.232. The molecule has 0 spiro atoms. The minimum atomic E-state index is -0.992. The zero-order valence-corrected chi connectivity index (χ0v) is 13.7. The molecule has 5 nitrogen and oxygen atoms in total. The Morgan fingerprint density at radius 3 is 2.27 bits per heavy atom. The number of rotatable bonds is 2. The van der Waals surface area contributed by atoms with E-state index < -0.39 is 4.84 Å². The van der Waals surface area contributed by atoms with Gasteiger partial charge in [0.25, 0.3) is 5.91 Å². The Hall–Kier alpha value is -1.59. The number of aryl methyl sites for hydroxylation is 1. The van der Waals surface area contributed by atoms with Crippen LogP contribution >= 0.6 is 23.2 Å². The molecule has 0 bridgehead atoms. The molecule has 116 valence electrons. The first kappa shape index (κ1) is 15.3. The maximum Gasteiger partial charge on any atom is 0.255 e. The predicted octanol–water partition coefficient (Wildman–Crippen LogP) is 2.39. The largest absolute Gasteiger partial charge is 0.352 e.